The van der Waals surface area contributed by atoms with Crippen molar-refractivity contribution in [3.63, 3.8) is 0 Å². The Morgan fingerprint density at radius 2 is 0.769 bits per heavy atom. The number of hydrogen-bond acceptors (Lipinski definition) is 27. The lowest BCUT2D eigenvalue weighted by Crippen LogP contribution is -2.71. The lowest BCUT2D eigenvalue weighted by Gasteiger charge is -2.52. The van der Waals surface area contributed by atoms with Crippen LogP contribution in [0.25, 0.3) is 0 Å². The van der Waals surface area contributed by atoms with Crippen molar-refractivity contribution in [3.8, 4) is 0 Å². The topological polar surface area (TPSA) is 432 Å². The molecule has 0 aromatic heterocycles. The molecule has 15 N–H and O–H groups in total. The molecule has 0 aromatic carbocycles. The molecule has 0 unspecified atom stereocenters. The van der Waals surface area contributed by atoms with Gasteiger partial charge in [-0.3, -0.25) is 9.59 Å². The summed E-state index contributed by atoms with van der Waals surface area (Å²) in [5, 5.41) is 148. The molecule has 0 aliphatic carbocycles. The van der Waals surface area contributed by atoms with Gasteiger partial charge in [0.05, 0.1) is 45.7 Å². The smallest absolute Gasteiger partial charge is 0.217 e. The molecule has 78 heavy (non-hydrogen) atoms. The number of amides is 2. The van der Waals surface area contributed by atoms with E-state index in [2.05, 4.69) is 31.4 Å². The highest BCUT2D eigenvalue weighted by atomic mass is 28.3. The Morgan fingerprint density at radius 3 is 1.18 bits per heavy atom. The van der Waals surface area contributed by atoms with Gasteiger partial charge in [-0.2, -0.15) is 0 Å². The van der Waals surface area contributed by atoms with Crippen LogP contribution in [-0.4, -0.2) is 290 Å². The van der Waals surface area contributed by atoms with Gasteiger partial charge in [0.1, 0.15) is 122 Å². The predicted octanol–water partition coefficient (Wildman–Crippen LogP) is -6.17. The van der Waals surface area contributed by atoms with Crippen LogP contribution in [-0.2, 0) is 66.4 Å². The van der Waals surface area contributed by atoms with E-state index in [9.17, 15) is 76.0 Å². The van der Waals surface area contributed by atoms with Gasteiger partial charge in [0.15, 0.2) is 37.7 Å². The van der Waals surface area contributed by atoms with Gasteiger partial charge in [0.25, 0.3) is 0 Å². The molecule has 6 heterocycles. The van der Waals surface area contributed by atoms with Crippen molar-refractivity contribution in [1.29, 1.82) is 0 Å². The second-order valence-electron chi connectivity index (χ2n) is 21.3. The van der Waals surface area contributed by atoms with Crippen molar-refractivity contribution in [1.82, 2.24) is 10.6 Å². The first-order valence-electron chi connectivity index (χ1n) is 26.8. The molecular weight excluding hydrogens is 1060 g/mol. The zero-order valence-corrected chi connectivity index (χ0v) is 46.3. The molecule has 0 aromatic rings. The van der Waals surface area contributed by atoms with Crippen LogP contribution in [0, 0.1) is 0 Å². The average molecular weight is 1150 g/mol. The number of ether oxygens (including phenoxy) is 12. The second-order valence-corrected chi connectivity index (χ2v) is 26.9. The molecule has 0 radical (unpaired) electrons. The highest BCUT2D eigenvalue weighted by Gasteiger charge is 2.58. The van der Waals surface area contributed by atoms with Crippen LogP contribution in [0.15, 0.2) is 0 Å². The average Bonchev–Trinajstić information content (AvgIpc) is 3.47. The van der Waals surface area contributed by atoms with Crippen molar-refractivity contribution in [2.24, 2.45) is 0 Å². The minimum Gasteiger partial charge on any atom is -0.394 e. The summed E-state index contributed by atoms with van der Waals surface area (Å²) >= 11 is 0. The Hall–Kier alpha value is -1.84. The molecule has 0 spiro atoms. The van der Waals surface area contributed by atoms with Gasteiger partial charge in [-0.05, 0) is 33.7 Å². The fourth-order valence-corrected chi connectivity index (χ4v) is 14.0. The van der Waals surface area contributed by atoms with Gasteiger partial charge < -0.3 is 134 Å². The van der Waals surface area contributed by atoms with E-state index in [1.165, 1.54) is 34.6 Å². The van der Waals surface area contributed by atoms with Crippen molar-refractivity contribution in [2.45, 2.75) is 271 Å². The highest BCUT2D eigenvalue weighted by molar-refractivity contribution is 6.79. The Balaban J connectivity index is 1.35. The largest absolute Gasteiger partial charge is 0.394 e. The summed E-state index contributed by atoms with van der Waals surface area (Å²) in [5.74, 6) is -1.39. The molecule has 30 heteroatoms. The van der Waals surface area contributed by atoms with Crippen molar-refractivity contribution >= 4 is 19.9 Å². The molecule has 6 fully saturated rings. The van der Waals surface area contributed by atoms with Crippen LogP contribution in [0.1, 0.15) is 62.3 Å². The van der Waals surface area contributed by atoms with Crippen molar-refractivity contribution < 1.29 is 133 Å². The van der Waals surface area contributed by atoms with Crippen LogP contribution in [0.2, 0.25) is 24.2 Å². The van der Waals surface area contributed by atoms with Gasteiger partial charge in [0.2, 0.25) is 11.8 Å². The molecule has 2 amide bonds. The molecule has 6 rings (SSSR count). The van der Waals surface area contributed by atoms with E-state index in [0.29, 0.717) is 6.04 Å². The monoisotopic (exact) mass is 1150 g/mol. The summed E-state index contributed by atoms with van der Waals surface area (Å²) in [7, 11) is -1.85. The second kappa shape index (κ2) is 28.2. The van der Waals surface area contributed by atoms with Crippen LogP contribution in [0.5, 0.6) is 0 Å². The minimum absolute atomic E-state index is 0.125. The summed E-state index contributed by atoms with van der Waals surface area (Å²) in [6.07, 6.45) is -46.0. The minimum atomic E-state index is -2.05. The van der Waals surface area contributed by atoms with E-state index in [1.54, 1.807) is 0 Å². The molecule has 454 valence electrons. The molecule has 6 saturated heterocycles. The zero-order chi connectivity index (χ0) is 57.8. The Labute approximate surface area is 452 Å². The van der Waals surface area contributed by atoms with Gasteiger partial charge >= 0.3 is 0 Å². The zero-order valence-electron chi connectivity index (χ0n) is 45.3. The summed E-state index contributed by atoms with van der Waals surface area (Å²) in [5.41, 5.74) is 0. The first-order valence-corrected chi connectivity index (χ1v) is 29.7. The van der Waals surface area contributed by atoms with Gasteiger partial charge in [-0.15, -0.1) is 0 Å². The Bertz CT molecular complexity index is 1880. The quantitative estimate of drug-likeness (QED) is 0.0476. The maximum atomic E-state index is 13.2. The van der Waals surface area contributed by atoms with Crippen molar-refractivity contribution in [3.05, 3.63) is 0 Å². The third-order valence-corrected chi connectivity index (χ3v) is 22.0. The standard InChI is InChI=1S/C48H86N2O27Si/c1-10-78(11-2,12-3)14-13-66-43-26(50-22(9)54)40(38(24(16-52)72-43)73-44-25(49-21(8)53)39(31(59)23(15-51)71-44)74-45-34(62)32(60)27(55)17(4)67-45)75-47-36(64)42(30(58)19(6)69-47)77-48-37(65)41(29(57)20(7)70-48)76-46-35(63)33(61)28(56)18(5)68-46/h17-20,23-48,51-52,55-65H,10-16H2,1-9H3,(H,49,53)(H,50,54)/t17-,18-,19-,20-,23+,24+,25+,26+,27+,28+,29+,30+,31-,32+,33+,34-,35-,36-,37-,38+,39+,40+,41+,42+,43+,44-,45-,46-,47-,48-/m0/s1. The van der Waals surface area contributed by atoms with E-state index in [0.717, 1.165) is 25.1 Å². The third kappa shape index (κ3) is 14.4. The molecule has 6 aliphatic heterocycles. The SMILES string of the molecule is CC[Si](CC)(CC)CCO[C@@H]1O[C@H](CO)[C@@H](O[C@@H]2O[C@H](CO)[C@H](O)[C@H](O[C@@H]3O[C@@H](C)[C@@H](O)[C@@H](O)[C@@H]3O)[C@H]2NC(C)=O)[C@H](O[C@@H]2O[C@@H](C)[C@@H](O)[C@@H](O[C@@H]3O[C@@H](C)[C@@H](O)[C@@H](O[C@@H]4O[C@@H](C)[C@@H](O)[C@@H](O)[C@@H]4O)[C@@H]3O)[C@@H]2O)[C@H]1NC(C)=O. The van der Waals surface area contributed by atoms with Gasteiger partial charge in [-0.1, -0.05) is 38.9 Å². The maximum Gasteiger partial charge on any atom is 0.217 e. The maximum absolute atomic E-state index is 13.2. The van der Waals surface area contributed by atoms with Gasteiger partial charge in [-0.25, -0.2) is 0 Å². The first-order chi connectivity index (χ1) is 36.8. The summed E-state index contributed by atoms with van der Waals surface area (Å²) < 4.78 is 73.2. The number of rotatable bonds is 21. The number of carbonyl (C=O) groups excluding carboxylic acids is 2. The summed E-state index contributed by atoms with van der Waals surface area (Å²) in [6.45, 7) is 12.5. The van der Waals surface area contributed by atoms with Crippen LogP contribution in [0.4, 0.5) is 0 Å². The first kappa shape index (κ1) is 65.3. The van der Waals surface area contributed by atoms with E-state index in [4.69, 9.17) is 56.8 Å². The highest BCUT2D eigenvalue weighted by Crippen LogP contribution is 2.38. The number of carbonyl (C=O) groups is 2. The lowest BCUT2D eigenvalue weighted by molar-refractivity contribution is -0.389. The number of nitrogens with one attached hydrogen (secondary N) is 2. The van der Waals surface area contributed by atoms with Crippen LogP contribution < -0.4 is 10.6 Å². The lowest BCUT2D eigenvalue weighted by atomic mass is 9.93. The van der Waals surface area contributed by atoms with Gasteiger partial charge in [0, 0.05) is 20.5 Å². The molecule has 0 bridgehead atoms. The predicted molar refractivity (Wildman–Crippen MR) is 262 cm³/mol. The molecular formula is C48H86N2O27Si. The number of aliphatic hydroxyl groups excluding tert-OH is 13. The van der Waals surface area contributed by atoms with Crippen LogP contribution in [0.3, 0.4) is 0 Å². The van der Waals surface area contributed by atoms with E-state index < -0.39 is 217 Å². The fraction of sp³-hybridized carbons (Fsp3) is 0.958. The molecule has 0 saturated carbocycles. The number of hydrogen-bond donors (Lipinski definition) is 15. The molecule has 6 aliphatic rings. The van der Waals surface area contributed by atoms with E-state index in [-0.39, 0.29) is 6.61 Å². The Kier molecular flexibility index (Phi) is 23.6. The Morgan fingerprint density at radius 1 is 0.410 bits per heavy atom. The fourth-order valence-electron chi connectivity index (χ4n) is 10.9. The van der Waals surface area contributed by atoms with E-state index in [1.807, 2.05) is 0 Å². The van der Waals surface area contributed by atoms with Crippen molar-refractivity contribution in [2.75, 3.05) is 19.8 Å². The molecule has 30 atom stereocenters. The summed E-state index contributed by atoms with van der Waals surface area (Å²) in [4.78, 5) is 26.2. The summed E-state index contributed by atoms with van der Waals surface area (Å²) in [6, 6.07) is 0.460. The number of aliphatic hydroxyl groups is 13. The van der Waals surface area contributed by atoms with Crippen LogP contribution >= 0.6 is 0 Å². The van der Waals surface area contributed by atoms with E-state index >= 15 is 0 Å². The third-order valence-electron chi connectivity index (χ3n) is 16.2. The normalized spacial score (nSPS) is 47.6. The molecule has 29 nitrogen and oxygen atoms in total.